The first-order valence-electron chi connectivity index (χ1n) is 4.87. The van der Waals surface area contributed by atoms with Crippen LogP contribution in [0.15, 0.2) is 18.2 Å². The van der Waals surface area contributed by atoms with E-state index in [1.165, 1.54) is 0 Å². The van der Waals surface area contributed by atoms with Gasteiger partial charge in [0.2, 0.25) is 0 Å². The van der Waals surface area contributed by atoms with Crippen molar-refractivity contribution < 1.29 is 9.13 Å². The summed E-state index contributed by atoms with van der Waals surface area (Å²) in [6.07, 6.45) is 0.521. The van der Waals surface area contributed by atoms with Gasteiger partial charge in [0, 0.05) is 17.1 Å². The molecule has 0 unspecified atom stereocenters. The van der Waals surface area contributed by atoms with Gasteiger partial charge in [0.15, 0.2) is 0 Å². The van der Waals surface area contributed by atoms with Gasteiger partial charge in [-0.2, -0.15) is 0 Å². The smallest absolute Gasteiger partial charge is 0.124 e. The Hall–Kier alpha value is -0.800. The summed E-state index contributed by atoms with van der Waals surface area (Å²) in [5.74, 6) is 0.759. The molecule has 0 aliphatic heterocycles. The van der Waals surface area contributed by atoms with E-state index in [-0.39, 0.29) is 6.67 Å². The highest BCUT2D eigenvalue weighted by molar-refractivity contribution is 6.31. The van der Waals surface area contributed by atoms with Crippen LogP contribution in [0.25, 0.3) is 0 Å². The van der Waals surface area contributed by atoms with E-state index in [0.717, 1.165) is 11.3 Å². The maximum atomic E-state index is 11.9. The van der Waals surface area contributed by atoms with E-state index in [1.54, 1.807) is 7.11 Å². The molecule has 4 heteroatoms. The van der Waals surface area contributed by atoms with Crippen LogP contribution in [-0.2, 0) is 6.54 Å². The number of rotatable bonds is 6. The van der Waals surface area contributed by atoms with Gasteiger partial charge in [-0.15, -0.1) is 0 Å². The lowest BCUT2D eigenvalue weighted by Crippen LogP contribution is -2.16. The third-order valence-corrected chi connectivity index (χ3v) is 2.44. The number of halogens is 2. The van der Waals surface area contributed by atoms with Crippen molar-refractivity contribution in [3.05, 3.63) is 28.8 Å². The minimum Gasteiger partial charge on any atom is -0.496 e. The Morgan fingerprint density at radius 3 is 2.93 bits per heavy atom. The van der Waals surface area contributed by atoms with Crippen molar-refractivity contribution in [1.82, 2.24) is 5.32 Å². The van der Waals surface area contributed by atoms with Gasteiger partial charge < -0.3 is 10.1 Å². The molecule has 0 amide bonds. The largest absolute Gasteiger partial charge is 0.496 e. The van der Waals surface area contributed by atoms with Crippen molar-refractivity contribution in [3.8, 4) is 5.75 Å². The Bertz CT molecular complexity index is 307. The standard InChI is InChI=1S/C11H15ClFNO/c1-15-11-5-2-4-10(12)9(11)8-14-7-3-6-13/h2,4-5,14H,3,6-8H2,1H3. The number of methoxy groups -OCH3 is 1. The molecule has 0 radical (unpaired) electrons. The molecule has 0 atom stereocenters. The van der Waals surface area contributed by atoms with Crippen molar-refractivity contribution in [1.29, 1.82) is 0 Å². The highest BCUT2D eigenvalue weighted by Crippen LogP contribution is 2.25. The van der Waals surface area contributed by atoms with Gasteiger partial charge in [-0.25, -0.2) is 0 Å². The summed E-state index contributed by atoms with van der Waals surface area (Å²) >= 11 is 6.03. The van der Waals surface area contributed by atoms with Gasteiger partial charge in [0.25, 0.3) is 0 Å². The SMILES string of the molecule is COc1cccc(Cl)c1CNCCCF. The van der Waals surface area contributed by atoms with Crippen LogP contribution in [0.4, 0.5) is 4.39 Å². The Morgan fingerprint density at radius 1 is 1.47 bits per heavy atom. The first-order valence-corrected chi connectivity index (χ1v) is 5.25. The van der Waals surface area contributed by atoms with Crippen molar-refractivity contribution in [2.24, 2.45) is 0 Å². The van der Waals surface area contributed by atoms with Crippen molar-refractivity contribution in [2.45, 2.75) is 13.0 Å². The van der Waals surface area contributed by atoms with Crippen LogP contribution >= 0.6 is 11.6 Å². The van der Waals surface area contributed by atoms with Crippen LogP contribution in [0.5, 0.6) is 5.75 Å². The number of hydrogen-bond acceptors (Lipinski definition) is 2. The zero-order valence-corrected chi connectivity index (χ0v) is 9.48. The van der Waals surface area contributed by atoms with Crippen molar-refractivity contribution >= 4 is 11.6 Å². The molecule has 0 fully saturated rings. The molecular formula is C11H15ClFNO. The first-order chi connectivity index (χ1) is 7.29. The second-order valence-electron chi connectivity index (χ2n) is 3.14. The highest BCUT2D eigenvalue weighted by atomic mass is 35.5. The average molecular weight is 232 g/mol. The van der Waals surface area contributed by atoms with Gasteiger partial charge in [0.05, 0.1) is 13.8 Å². The summed E-state index contributed by atoms with van der Waals surface area (Å²) in [5, 5.41) is 3.78. The molecule has 1 aromatic carbocycles. The summed E-state index contributed by atoms with van der Waals surface area (Å²) in [6.45, 7) is 0.945. The normalized spacial score (nSPS) is 10.3. The van der Waals surface area contributed by atoms with Crippen LogP contribution < -0.4 is 10.1 Å². The van der Waals surface area contributed by atoms with Crippen LogP contribution in [0, 0.1) is 0 Å². The van der Waals surface area contributed by atoms with E-state index in [0.29, 0.717) is 24.5 Å². The van der Waals surface area contributed by atoms with Gasteiger partial charge in [-0.3, -0.25) is 4.39 Å². The summed E-state index contributed by atoms with van der Waals surface area (Å²) < 4.78 is 17.0. The molecule has 2 nitrogen and oxygen atoms in total. The van der Waals surface area contributed by atoms with Gasteiger partial charge in [-0.05, 0) is 25.1 Å². The summed E-state index contributed by atoms with van der Waals surface area (Å²) in [5.41, 5.74) is 0.917. The molecule has 0 saturated carbocycles. The highest BCUT2D eigenvalue weighted by Gasteiger charge is 2.06. The quantitative estimate of drug-likeness (QED) is 0.761. The summed E-state index contributed by atoms with van der Waals surface area (Å²) in [7, 11) is 1.61. The molecule has 0 saturated heterocycles. The lowest BCUT2D eigenvalue weighted by atomic mass is 10.2. The van der Waals surface area contributed by atoms with Crippen molar-refractivity contribution in [3.63, 3.8) is 0 Å². The van der Waals surface area contributed by atoms with Gasteiger partial charge in [0.1, 0.15) is 5.75 Å². The predicted octanol–water partition coefficient (Wildman–Crippen LogP) is 2.80. The Labute approximate surface area is 94.4 Å². The second-order valence-corrected chi connectivity index (χ2v) is 3.55. The molecule has 15 heavy (non-hydrogen) atoms. The number of alkyl halides is 1. The van der Waals surface area contributed by atoms with Gasteiger partial charge in [-0.1, -0.05) is 17.7 Å². The van der Waals surface area contributed by atoms with Crippen LogP contribution in [0.2, 0.25) is 5.02 Å². The van der Waals surface area contributed by atoms with E-state index in [1.807, 2.05) is 18.2 Å². The molecular weight excluding hydrogens is 217 g/mol. The second kappa shape index (κ2) is 6.64. The van der Waals surface area contributed by atoms with E-state index < -0.39 is 0 Å². The van der Waals surface area contributed by atoms with E-state index >= 15 is 0 Å². The fraction of sp³-hybridized carbons (Fsp3) is 0.455. The maximum Gasteiger partial charge on any atom is 0.124 e. The Kier molecular flexibility index (Phi) is 5.43. The first kappa shape index (κ1) is 12.3. The number of nitrogens with one attached hydrogen (secondary N) is 1. The van der Waals surface area contributed by atoms with E-state index in [4.69, 9.17) is 16.3 Å². The third kappa shape index (κ3) is 3.68. The van der Waals surface area contributed by atoms with Gasteiger partial charge >= 0.3 is 0 Å². The molecule has 0 aliphatic carbocycles. The molecule has 0 spiro atoms. The van der Waals surface area contributed by atoms with E-state index in [9.17, 15) is 4.39 Å². The summed E-state index contributed by atoms with van der Waals surface area (Å²) in [6, 6.07) is 5.51. The number of hydrogen-bond donors (Lipinski definition) is 1. The maximum absolute atomic E-state index is 11.9. The minimum absolute atomic E-state index is 0.299. The lowest BCUT2D eigenvalue weighted by Gasteiger charge is -2.10. The molecule has 1 N–H and O–H groups in total. The van der Waals surface area contributed by atoms with E-state index in [2.05, 4.69) is 5.32 Å². The topological polar surface area (TPSA) is 21.3 Å². The molecule has 0 aromatic heterocycles. The zero-order chi connectivity index (χ0) is 11.1. The Balaban J connectivity index is 2.58. The zero-order valence-electron chi connectivity index (χ0n) is 8.72. The fourth-order valence-corrected chi connectivity index (χ4v) is 1.54. The molecule has 1 aromatic rings. The number of benzene rings is 1. The minimum atomic E-state index is -0.299. The molecule has 0 heterocycles. The molecule has 0 aliphatic rings. The predicted molar refractivity (Wildman–Crippen MR) is 60.3 cm³/mol. The van der Waals surface area contributed by atoms with Crippen LogP contribution in [0.1, 0.15) is 12.0 Å². The average Bonchev–Trinajstić information content (AvgIpc) is 2.26. The van der Waals surface area contributed by atoms with Crippen LogP contribution in [-0.4, -0.2) is 20.3 Å². The lowest BCUT2D eigenvalue weighted by molar-refractivity contribution is 0.406. The van der Waals surface area contributed by atoms with Crippen LogP contribution in [0.3, 0.4) is 0 Å². The molecule has 0 bridgehead atoms. The monoisotopic (exact) mass is 231 g/mol. The number of ether oxygens (including phenoxy) is 1. The third-order valence-electron chi connectivity index (χ3n) is 2.08. The van der Waals surface area contributed by atoms with Crippen molar-refractivity contribution in [2.75, 3.05) is 20.3 Å². The molecule has 84 valence electrons. The Morgan fingerprint density at radius 2 is 2.27 bits per heavy atom. The summed E-state index contributed by atoms with van der Waals surface area (Å²) in [4.78, 5) is 0. The fourth-order valence-electron chi connectivity index (χ4n) is 1.31. The molecule has 1 rings (SSSR count).